The molecule has 1 amide bonds. The van der Waals surface area contributed by atoms with Crippen LogP contribution >= 0.6 is 22.7 Å². The number of benzene rings is 1. The zero-order valence-corrected chi connectivity index (χ0v) is 19.5. The molecule has 3 heterocycles. The first-order chi connectivity index (χ1) is 14.9. The Hall–Kier alpha value is -2.27. The molecule has 1 aromatic carbocycles. The summed E-state index contributed by atoms with van der Waals surface area (Å²) in [6.45, 7) is 5.27. The average Bonchev–Trinajstić information content (AvgIpc) is 3.43. The summed E-state index contributed by atoms with van der Waals surface area (Å²) in [6, 6.07) is 9.55. The minimum atomic E-state index is -3.61. The molecular formula is C21H24N4O3S3. The van der Waals surface area contributed by atoms with Crippen LogP contribution in [0.2, 0.25) is 0 Å². The summed E-state index contributed by atoms with van der Waals surface area (Å²) in [5.74, 6) is 0.513. The largest absolute Gasteiger partial charge is 0.298 e. The van der Waals surface area contributed by atoms with E-state index in [2.05, 4.69) is 26.8 Å². The van der Waals surface area contributed by atoms with Gasteiger partial charge >= 0.3 is 0 Å². The van der Waals surface area contributed by atoms with Gasteiger partial charge in [-0.1, -0.05) is 13.0 Å². The summed E-state index contributed by atoms with van der Waals surface area (Å²) in [7, 11) is -3.61. The van der Waals surface area contributed by atoms with E-state index in [9.17, 15) is 13.2 Å². The predicted molar refractivity (Wildman–Crippen MR) is 125 cm³/mol. The number of carbonyl (C=O) groups is 1. The maximum atomic E-state index is 12.5. The first-order valence-corrected chi connectivity index (χ1v) is 13.3. The Morgan fingerprint density at radius 1 is 1.16 bits per heavy atom. The molecule has 0 saturated carbocycles. The van der Waals surface area contributed by atoms with Crippen molar-refractivity contribution in [3.05, 3.63) is 58.4 Å². The molecule has 1 saturated heterocycles. The number of thiophene rings is 1. The van der Waals surface area contributed by atoms with Crippen molar-refractivity contribution in [2.75, 3.05) is 23.1 Å². The molecule has 10 heteroatoms. The normalized spacial score (nSPS) is 15.6. The third-order valence-corrected chi connectivity index (χ3v) is 8.78. The number of likely N-dealkylation sites (tertiary alicyclic amines) is 1. The molecule has 0 spiro atoms. The van der Waals surface area contributed by atoms with E-state index < -0.39 is 10.0 Å². The monoisotopic (exact) mass is 476 g/mol. The molecule has 164 valence electrons. The molecule has 1 aliphatic heterocycles. The average molecular weight is 477 g/mol. The van der Waals surface area contributed by atoms with Crippen molar-refractivity contribution in [3.63, 3.8) is 0 Å². The zero-order valence-electron chi connectivity index (χ0n) is 17.1. The predicted octanol–water partition coefficient (Wildman–Crippen LogP) is 4.49. The number of amides is 1. The van der Waals surface area contributed by atoms with E-state index in [1.54, 1.807) is 41.8 Å². The van der Waals surface area contributed by atoms with Gasteiger partial charge in [-0.3, -0.25) is 19.7 Å². The fourth-order valence-corrected chi connectivity index (χ4v) is 6.12. The molecular weight excluding hydrogens is 452 g/mol. The molecule has 0 atom stereocenters. The molecule has 0 radical (unpaired) electrons. The van der Waals surface area contributed by atoms with Gasteiger partial charge in [-0.25, -0.2) is 13.4 Å². The topological polar surface area (TPSA) is 91.4 Å². The van der Waals surface area contributed by atoms with Gasteiger partial charge in [0.05, 0.1) is 5.69 Å². The Balaban J connectivity index is 1.33. The Bertz CT molecular complexity index is 1120. The van der Waals surface area contributed by atoms with Gasteiger partial charge in [0.2, 0.25) is 0 Å². The van der Waals surface area contributed by atoms with Gasteiger partial charge in [-0.15, -0.1) is 22.7 Å². The number of thiazole rings is 1. The van der Waals surface area contributed by atoms with Gasteiger partial charge < -0.3 is 0 Å². The van der Waals surface area contributed by atoms with Crippen LogP contribution in [0.15, 0.2) is 51.4 Å². The lowest BCUT2D eigenvalue weighted by Crippen LogP contribution is -2.32. The molecule has 4 rings (SSSR count). The summed E-state index contributed by atoms with van der Waals surface area (Å²) in [4.78, 5) is 19.5. The molecule has 0 unspecified atom stereocenters. The minimum Gasteiger partial charge on any atom is -0.298 e. The first kappa shape index (κ1) is 21.9. The standard InChI is InChI=1S/C21H24N4O3S3/c1-15-8-10-25(11-9-15)13-18-14-30-21(22-18)23-20(26)16-4-6-17(7-5-16)24-31(27,28)19-3-2-12-29-19/h2-7,12,14-15,24H,8-11,13H2,1H3,(H,22,23,26). The summed E-state index contributed by atoms with van der Waals surface area (Å²) in [5, 5.41) is 7.08. The Kier molecular flexibility index (Phi) is 6.71. The second-order valence-corrected chi connectivity index (χ2v) is 11.4. The second-order valence-electron chi connectivity index (χ2n) is 7.67. The summed E-state index contributed by atoms with van der Waals surface area (Å²) in [6.07, 6.45) is 2.43. The van der Waals surface area contributed by atoms with Gasteiger partial charge in [0, 0.05) is 23.2 Å². The number of carbonyl (C=O) groups excluding carboxylic acids is 1. The van der Waals surface area contributed by atoms with Crippen LogP contribution in [-0.2, 0) is 16.6 Å². The maximum absolute atomic E-state index is 12.5. The van der Waals surface area contributed by atoms with Crippen molar-refractivity contribution in [2.45, 2.75) is 30.5 Å². The lowest BCUT2D eigenvalue weighted by atomic mass is 9.99. The summed E-state index contributed by atoms with van der Waals surface area (Å²) in [5.41, 5.74) is 1.80. The molecule has 1 aliphatic rings. The van der Waals surface area contributed by atoms with Crippen molar-refractivity contribution in [1.29, 1.82) is 0 Å². The van der Waals surface area contributed by atoms with Crippen molar-refractivity contribution in [2.24, 2.45) is 5.92 Å². The maximum Gasteiger partial charge on any atom is 0.271 e. The zero-order chi connectivity index (χ0) is 21.8. The van der Waals surface area contributed by atoms with Crippen molar-refractivity contribution in [3.8, 4) is 0 Å². The Morgan fingerprint density at radius 3 is 2.58 bits per heavy atom. The van der Waals surface area contributed by atoms with E-state index in [4.69, 9.17) is 0 Å². The fraction of sp³-hybridized carbons (Fsp3) is 0.333. The van der Waals surface area contributed by atoms with E-state index in [1.807, 2.05) is 5.38 Å². The number of nitrogens with one attached hydrogen (secondary N) is 2. The van der Waals surface area contributed by atoms with E-state index in [-0.39, 0.29) is 10.1 Å². The lowest BCUT2D eigenvalue weighted by Gasteiger charge is -2.29. The quantitative estimate of drug-likeness (QED) is 0.524. The van der Waals surface area contributed by atoms with Crippen LogP contribution in [0.4, 0.5) is 10.8 Å². The van der Waals surface area contributed by atoms with Crippen LogP contribution in [0.5, 0.6) is 0 Å². The number of anilines is 2. The molecule has 0 aliphatic carbocycles. The highest BCUT2D eigenvalue weighted by Crippen LogP contribution is 2.23. The smallest absolute Gasteiger partial charge is 0.271 e. The number of hydrogen-bond donors (Lipinski definition) is 2. The van der Waals surface area contributed by atoms with E-state index in [0.29, 0.717) is 16.4 Å². The fourth-order valence-electron chi connectivity index (χ4n) is 3.37. The third kappa shape index (κ3) is 5.70. The van der Waals surface area contributed by atoms with Crippen LogP contribution in [0, 0.1) is 5.92 Å². The van der Waals surface area contributed by atoms with Crippen molar-refractivity contribution in [1.82, 2.24) is 9.88 Å². The number of nitrogens with zero attached hydrogens (tertiary/aromatic N) is 2. The molecule has 31 heavy (non-hydrogen) atoms. The van der Waals surface area contributed by atoms with Gasteiger partial charge in [0.25, 0.3) is 15.9 Å². The number of sulfonamides is 1. The highest BCUT2D eigenvalue weighted by atomic mass is 32.2. The number of rotatable bonds is 7. The van der Waals surface area contributed by atoms with Crippen LogP contribution < -0.4 is 10.0 Å². The van der Waals surface area contributed by atoms with Crippen molar-refractivity contribution >= 4 is 49.4 Å². The second kappa shape index (κ2) is 9.47. The van der Waals surface area contributed by atoms with Crippen LogP contribution in [0.3, 0.4) is 0 Å². The molecule has 2 aromatic heterocycles. The van der Waals surface area contributed by atoms with E-state index in [1.165, 1.54) is 24.2 Å². The van der Waals surface area contributed by atoms with Gasteiger partial charge in [0.1, 0.15) is 4.21 Å². The molecule has 2 N–H and O–H groups in total. The van der Waals surface area contributed by atoms with E-state index in [0.717, 1.165) is 42.6 Å². The first-order valence-electron chi connectivity index (χ1n) is 10.0. The van der Waals surface area contributed by atoms with Gasteiger partial charge in [0.15, 0.2) is 5.13 Å². The molecule has 0 bridgehead atoms. The molecule has 7 nitrogen and oxygen atoms in total. The Labute approximate surface area is 190 Å². The van der Waals surface area contributed by atoms with Crippen LogP contribution in [-0.4, -0.2) is 37.3 Å². The lowest BCUT2D eigenvalue weighted by molar-refractivity contribution is 0.102. The highest BCUT2D eigenvalue weighted by Gasteiger charge is 2.18. The highest BCUT2D eigenvalue weighted by molar-refractivity contribution is 7.94. The van der Waals surface area contributed by atoms with Crippen LogP contribution in [0.25, 0.3) is 0 Å². The molecule has 3 aromatic rings. The van der Waals surface area contributed by atoms with Gasteiger partial charge in [-0.05, 0) is 67.6 Å². The summed E-state index contributed by atoms with van der Waals surface area (Å²) < 4.78 is 27.3. The number of piperidine rings is 1. The number of hydrogen-bond acceptors (Lipinski definition) is 7. The van der Waals surface area contributed by atoms with Crippen molar-refractivity contribution < 1.29 is 13.2 Å². The number of aromatic nitrogens is 1. The third-order valence-electron chi connectivity index (χ3n) is 5.19. The molecule has 1 fully saturated rings. The minimum absolute atomic E-state index is 0.243. The summed E-state index contributed by atoms with van der Waals surface area (Å²) >= 11 is 2.56. The van der Waals surface area contributed by atoms with Crippen LogP contribution in [0.1, 0.15) is 35.8 Å². The van der Waals surface area contributed by atoms with Gasteiger partial charge in [-0.2, -0.15) is 0 Å². The van der Waals surface area contributed by atoms with E-state index >= 15 is 0 Å². The Morgan fingerprint density at radius 2 is 1.90 bits per heavy atom. The SMILES string of the molecule is CC1CCN(Cc2csc(NC(=O)c3ccc(NS(=O)(=O)c4cccs4)cc3)n2)CC1.